The lowest BCUT2D eigenvalue weighted by Crippen LogP contribution is -2.41. The van der Waals surface area contributed by atoms with E-state index in [9.17, 15) is 0 Å². The molecule has 2 atom stereocenters. The average molecular weight is 236 g/mol. The number of hydrogen-bond donors (Lipinski definition) is 1. The lowest BCUT2D eigenvalue weighted by Gasteiger charge is -2.37. The van der Waals surface area contributed by atoms with E-state index in [1.54, 1.807) is 0 Å². The van der Waals surface area contributed by atoms with Crippen molar-refractivity contribution in [3.63, 3.8) is 0 Å². The zero-order chi connectivity index (χ0) is 12.4. The number of likely N-dealkylation sites (tertiary alicyclic amines) is 1. The summed E-state index contributed by atoms with van der Waals surface area (Å²) in [5, 5.41) is 0. The zero-order valence-corrected chi connectivity index (χ0v) is 11.2. The number of nitrogens with two attached hydrogens (primary N) is 1. The van der Waals surface area contributed by atoms with Crippen molar-refractivity contribution in [2.75, 3.05) is 6.54 Å². The predicted molar refractivity (Wildman–Crippen MR) is 69.6 cm³/mol. The van der Waals surface area contributed by atoms with Gasteiger partial charge in [0.2, 0.25) is 0 Å². The van der Waals surface area contributed by atoms with Gasteiger partial charge in [0, 0.05) is 18.2 Å². The van der Waals surface area contributed by atoms with Crippen LogP contribution in [0.1, 0.15) is 43.8 Å². The first kappa shape index (κ1) is 12.7. The van der Waals surface area contributed by atoms with Crippen LogP contribution in [0.3, 0.4) is 0 Å². The second-order valence-electron chi connectivity index (χ2n) is 5.33. The number of nitrogens with zero attached hydrogens (tertiary/aromatic N) is 1. The van der Waals surface area contributed by atoms with Crippen molar-refractivity contribution in [1.29, 1.82) is 0 Å². The van der Waals surface area contributed by atoms with Gasteiger partial charge >= 0.3 is 0 Å². The molecule has 0 aromatic carbocycles. The normalized spacial score (nSPS) is 26.4. The fourth-order valence-corrected chi connectivity index (χ4v) is 2.71. The molecular weight excluding hydrogens is 212 g/mol. The molecule has 0 amide bonds. The summed E-state index contributed by atoms with van der Waals surface area (Å²) in [6.45, 7) is 9.34. The van der Waals surface area contributed by atoms with Crippen molar-refractivity contribution in [2.24, 2.45) is 11.7 Å². The van der Waals surface area contributed by atoms with Crippen LogP contribution in [0.4, 0.5) is 0 Å². The maximum Gasteiger partial charge on any atom is 0.118 e. The molecule has 96 valence electrons. The van der Waals surface area contributed by atoms with Gasteiger partial charge in [-0.15, -0.1) is 0 Å². The molecule has 2 heterocycles. The zero-order valence-electron chi connectivity index (χ0n) is 11.2. The van der Waals surface area contributed by atoms with Crippen molar-refractivity contribution in [3.05, 3.63) is 23.2 Å². The molecule has 2 rings (SSSR count). The van der Waals surface area contributed by atoms with Gasteiger partial charge < -0.3 is 10.2 Å². The van der Waals surface area contributed by atoms with E-state index in [1.807, 2.05) is 6.92 Å². The first-order chi connectivity index (χ1) is 8.11. The van der Waals surface area contributed by atoms with Crippen LogP contribution in [0.25, 0.3) is 0 Å². The molecule has 0 spiro atoms. The summed E-state index contributed by atoms with van der Waals surface area (Å²) in [5.74, 6) is 2.82. The van der Waals surface area contributed by atoms with Gasteiger partial charge in [0.1, 0.15) is 11.5 Å². The summed E-state index contributed by atoms with van der Waals surface area (Å²) in [6.07, 6.45) is 2.65. The molecule has 17 heavy (non-hydrogen) atoms. The Labute approximate surface area is 104 Å². The molecule has 0 saturated carbocycles. The maximum atomic E-state index is 5.77. The summed E-state index contributed by atoms with van der Waals surface area (Å²) >= 11 is 0. The number of hydrogen-bond acceptors (Lipinski definition) is 3. The van der Waals surface area contributed by atoms with Gasteiger partial charge in [-0.3, -0.25) is 4.90 Å². The van der Waals surface area contributed by atoms with E-state index >= 15 is 0 Å². The Hall–Kier alpha value is -0.800. The summed E-state index contributed by atoms with van der Waals surface area (Å²) in [7, 11) is 0. The number of rotatable bonds is 3. The van der Waals surface area contributed by atoms with Gasteiger partial charge in [-0.2, -0.15) is 0 Å². The third-order valence-electron chi connectivity index (χ3n) is 4.15. The van der Waals surface area contributed by atoms with Crippen LogP contribution < -0.4 is 5.73 Å². The van der Waals surface area contributed by atoms with Gasteiger partial charge in [0.15, 0.2) is 0 Å². The maximum absolute atomic E-state index is 5.77. The second-order valence-corrected chi connectivity index (χ2v) is 5.33. The predicted octanol–water partition coefficient (Wildman–Crippen LogP) is 2.67. The molecule has 1 aromatic rings. The van der Waals surface area contributed by atoms with E-state index in [4.69, 9.17) is 10.2 Å². The van der Waals surface area contributed by atoms with E-state index in [2.05, 4.69) is 24.8 Å². The smallest absolute Gasteiger partial charge is 0.118 e. The molecule has 3 nitrogen and oxygen atoms in total. The van der Waals surface area contributed by atoms with Crippen LogP contribution >= 0.6 is 0 Å². The Bertz CT molecular complexity index is 372. The number of aryl methyl sites for hydroxylation is 1. The molecule has 1 aliphatic heterocycles. The molecule has 1 aliphatic rings. The van der Waals surface area contributed by atoms with E-state index in [1.165, 1.54) is 19.4 Å². The van der Waals surface area contributed by atoms with Crippen LogP contribution in [0, 0.1) is 12.8 Å². The minimum atomic E-state index is 0.571. The second kappa shape index (κ2) is 5.23. The first-order valence-electron chi connectivity index (χ1n) is 6.64. The Morgan fingerprint density at radius 2 is 2.24 bits per heavy atom. The molecule has 3 heteroatoms. The lowest BCUT2D eigenvalue weighted by molar-refractivity contribution is 0.0983. The highest BCUT2D eigenvalue weighted by Crippen LogP contribution is 2.25. The minimum absolute atomic E-state index is 0.571. The van der Waals surface area contributed by atoms with Crippen molar-refractivity contribution in [2.45, 2.75) is 52.7 Å². The van der Waals surface area contributed by atoms with Gasteiger partial charge in [-0.25, -0.2) is 0 Å². The minimum Gasteiger partial charge on any atom is -0.465 e. The van der Waals surface area contributed by atoms with Crippen LogP contribution in [0.2, 0.25) is 0 Å². The Kier molecular flexibility index (Phi) is 3.89. The highest BCUT2D eigenvalue weighted by atomic mass is 16.3. The molecule has 1 saturated heterocycles. The summed E-state index contributed by atoms with van der Waals surface area (Å²) in [5.41, 5.74) is 6.81. The monoisotopic (exact) mass is 236 g/mol. The van der Waals surface area contributed by atoms with Gasteiger partial charge in [-0.05, 0) is 45.2 Å². The summed E-state index contributed by atoms with van der Waals surface area (Å²) in [4.78, 5) is 2.52. The van der Waals surface area contributed by atoms with Crippen molar-refractivity contribution in [1.82, 2.24) is 4.90 Å². The average Bonchev–Trinajstić information content (AvgIpc) is 2.65. The standard InChI is InChI=1S/C14H24N2O/c1-10-5-4-6-16(11(10)2)9-14-7-13(8-15)12(3)17-14/h7,10-11H,4-6,8-9,15H2,1-3H3. The van der Waals surface area contributed by atoms with Gasteiger partial charge in [-0.1, -0.05) is 6.92 Å². The van der Waals surface area contributed by atoms with Crippen LogP contribution in [0.5, 0.6) is 0 Å². The Morgan fingerprint density at radius 1 is 1.47 bits per heavy atom. The highest BCUT2D eigenvalue weighted by Gasteiger charge is 2.25. The van der Waals surface area contributed by atoms with Gasteiger partial charge in [0.25, 0.3) is 0 Å². The molecular formula is C14H24N2O. The van der Waals surface area contributed by atoms with E-state index in [0.29, 0.717) is 12.6 Å². The summed E-state index contributed by atoms with van der Waals surface area (Å²) < 4.78 is 5.77. The Morgan fingerprint density at radius 3 is 2.88 bits per heavy atom. The molecule has 2 N–H and O–H groups in total. The van der Waals surface area contributed by atoms with Crippen LogP contribution in [-0.4, -0.2) is 17.5 Å². The fraction of sp³-hybridized carbons (Fsp3) is 0.714. The SMILES string of the molecule is Cc1oc(CN2CCCC(C)C2C)cc1CN. The van der Waals surface area contributed by atoms with Crippen LogP contribution in [0.15, 0.2) is 10.5 Å². The first-order valence-corrected chi connectivity index (χ1v) is 6.64. The largest absolute Gasteiger partial charge is 0.465 e. The lowest BCUT2D eigenvalue weighted by atomic mass is 9.92. The van der Waals surface area contributed by atoms with Crippen LogP contribution in [-0.2, 0) is 13.1 Å². The van der Waals surface area contributed by atoms with Gasteiger partial charge in [0.05, 0.1) is 6.54 Å². The molecule has 1 fully saturated rings. The van der Waals surface area contributed by atoms with E-state index in [0.717, 1.165) is 29.5 Å². The summed E-state index contributed by atoms with van der Waals surface area (Å²) in [6, 6.07) is 2.76. The van der Waals surface area contributed by atoms with Crippen molar-refractivity contribution >= 4 is 0 Å². The molecule has 2 unspecified atom stereocenters. The quantitative estimate of drug-likeness (QED) is 0.877. The molecule has 0 radical (unpaired) electrons. The number of piperidine rings is 1. The van der Waals surface area contributed by atoms with Crippen molar-refractivity contribution < 1.29 is 4.42 Å². The number of furan rings is 1. The highest BCUT2D eigenvalue weighted by molar-refractivity contribution is 5.20. The molecule has 0 aliphatic carbocycles. The van der Waals surface area contributed by atoms with E-state index in [-0.39, 0.29) is 0 Å². The van der Waals surface area contributed by atoms with E-state index < -0.39 is 0 Å². The topological polar surface area (TPSA) is 42.4 Å². The third-order valence-corrected chi connectivity index (χ3v) is 4.15. The molecule has 0 bridgehead atoms. The Balaban J connectivity index is 2.04. The third kappa shape index (κ3) is 2.72. The van der Waals surface area contributed by atoms with Crippen molar-refractivity contribution in [3.8, 4) is 0 Å². The molecule has 1 aromatic heterocycles. The fourth-order valence-electron chi connectivity index (χ4n) is 2.71.